The summed E-state index contributed by atoms with van der Waals surface area (Å²) < 4.78 is 1.99. The molecule has 3 nitrogen and oxygen atoms in total. The molecule has 0 aliphatic carbocycles. The zero-order chi connectivity index (χ0) is 7.84. The zero-order valence-electron chi connectivity index (χ0n) is 6.16. The van der Waals surface area contributed by atoms with Gasteiger partial charge in [0.2, 0.25) is 0 Å². The van der Waals surface area contributed by atoms with E-state index in [4.69, 9.17) is 5.26 Å². The molecule has 4 heteroatoms. The smallest absolute Gasteiger partial charge is 0.169 e. The largest absolute Gasteiger partial charge is 0.310 e. The third-order valence-corrected chi connectivity index (χ3v) is 2.72. The number of nitrogens with zero attached hydrogens (tertiary/aromatic N) is 3. The van der Waals surface area contributed by atoms with Gasteiger partial charge < -0.3 is 4.57 Å². The van der Waals surface area contributed by atoms with Crippen molar-refractivity contribution in [2.45, 2.75) is 18.6 Å². The van der Waals surface area contributed by atoms with Gasteiger partial charge in [-0.3, -0.25) is 0 Å². The number of nitriles is 1. The van der Waals surface area contributed by atoms with Crippen LogP contribution in [0.15, 0.2) is 5.16 Å². The molecule has 1 aliphatic rings. The summed E-state index contributed by atoms with van der Waals surface area (Å²) in [6.07, 6.45) is 0. The first-order chi connectivity index (χ1) is 5.33. The topological polar surface area (TPSA) is 41.6 Å². The van der Waals surface area contributed by atoms with Crippen LogP contribution in [0.25, 0.3) is 0 Å². The molecule has 2 heterocycles. The first kappa shape index (κ1) is 6.74. The first-order valence-electron chi connectivity index (χ1n) is 3.43. The Hall–Kier alpha value is -0.950. The molecule has 1 aliphatic heterocycles. The van der Waals surface area contributed by atoms with Crippen LogP contribution < -0.4 is 0 Å². The summed E-state index contributed by atoms with van der Waals surface area (Å²) in [5.74, 6) is 1.05. The molecular formula is C7H7N3S. The van der Waals surface area contributed by atoms with E-state index in [0.717, 1.165) is 28.8 Å². The van der Waals surface area contributed by atoms with Crippen LogP contribution in [-0.4, -0.2) is 15.3 Å². The molecule has 0 amide bonds. The maximum Gasteiger partial charge on any atom is 0.169 e. The number of rotatable bonds is 0. The summed E-state index contributed by atoms with van der Waals surface area (Å²) in [5, 5.41) is 9.75. The van der Waals surface area contributed by atoms with E-state index in [1.165, 1.54) is 0 Å². The van der Waals surface area contributed by atoms with Gasteiger partial charge in [0.15, 0.2) is 5.16 Å². The molecule has 0 spiro atoms. The highest BCUT2D eigenvalue weighted by atomic mass is 32.2. The summed E-state index contributed by atoms with van der Waals surface area (Å²) >= 11 is 1.72. The first-order valence-corrected chi connectivity index (χ1v) is 4.41. The standard InChI is InChI=1S/C7H7N3S/c1-5-6(4-8)10-2-3-11-7(10)9-5/h2-3H2,1H3. The summed E-state index contributed by atoms with van der Waals surface area (Å²) in [4.78, 5) is 4.27. The van der Waals surface area contributed by atoms with Crippen molar-refractivity contribution >= 4 is 11.8 Å². The van der Waals surface area contributed by atoms with Crippen LogP contribution in [0.5, 0.6) is 0 Å². The Balaban J connectivity index is 2.63. The van der Waals surface area contributed by atoms with Crippen molar-refractivity contribution in [3.05, 3.63) is 11.4 Å². The van der Waals surface area contributed by atoms with E-state index in [1.807, 2.05) is 11.5 Å². The summed E-state index contributed by atoms with van der Waals surface area (Å²) in [6.45, 7) is 2.81. The summed E-state index contributed by atoms with van der Waals surface area (Å²) in [6, 6.07) is 2.16. The Kier molecular flexibility index (Phi) is 1.40. The molecule has 0 atom stereocenters. The summed E-state index contributed by atoms with van der Waals surface area (Å²) in [7, 11) is 0. The Morgan fingerprint density at radius 1 is 1.73 bits per heavy atom. The number of imidazole rings is 1. The second kappa shape index (κ2) is 2.28. The van der Waals surface area contributed by atoms with E-state index in [2.05, 4.69) is 11.1 Å². The highest BCUT2D eigenvalue weighted by molar-refractivity contribution is 7.99. The van der Waals surface area contributed by atoms with E-state index in [9.17, 15) is 0 Å². The molecule has 0 saturated carbocycles. The number of aryl methyl sites for hydroxylation is 1. The molecule has 0 bridgehead atoms. The second-order valence-corrected chi connectivity index (χ2v) is 3.50. The fourth-order valence-electron chi connectivity index (χ4n) is 1.23. The molecule has 0 unspecified atom stereocenters. The average Bonchev–Trinajstić information content (AvgIpc) is 2.46. The quantitative estimate of drug-likeness (QED) is 0.579. The average molecular weight is 165 g/mol. The minimum Gasteiger partial charge on any atom is -0.310 e. The molecule has 0 N–H and O–H groups in total. The van der Waals surface area contributed by atoms with Crippen molar-refractivity contribution in [1.29, 1.82) is 5.26 Å². The van der Waals surface area contributed by atoms with Gasteiger partial charge in [0.25, 0.3) is 0 Å². The number of fused-ring (bicyclic) bond motifs is 1. The van der Waals surface area contributed by atoms with Crippen LogP contribution in [0.4, 0.5) is 0 Å². The van der Waals surface area contributed by atoms with Crippen molar-refractivity contribution in [1.82, 2.24) is 9.55 Å². The zero-order valence-corrected chi connectivity index (χ0v) is 6.98. The minimum atomic E-state index is 0.727. The van der Waals surface area contributed by atoms with Crippen LogP contribution in [0, 0.1) is 18.3 Å². The molecule has 2 rings (SSSR count). The number of thioether (sulfide) groups is 1. The van der Waals surface area contributed by atoms with Crippen LogP contribution in [-0.2, 0) is 6.54 Å². The predicted molar refractivity (Wildman–Crippen MR) is 42.4 cm³/mol. The van der Waals surface area contributed by atoms with Gasteiger partial charge in [-0.05, 0) is 6.92 Å². The van der Waals surface area contributed by atoms with Gasteiger partial charge in [-0.15, -0.1) is 0 Å². The normalized spacial score (nSPS) is 14.5. The van der Waals surface area contributed by atoms with Crippen LogP contribution in [0.3, 0.4) is 0 Å². The van der Waals surface area contributed by atoms with E-state index >= 15 is 0 Å². The number of aromatic nitrogens is 2. The monoisotopic (exact) mass is 165 g/mol. The van der Waals surface area contributed by atoms with Gasteiger partial charge >= 0.3 is 0 Å². The maximum absolute atomic E-state index is 8.75. The summed E-state index contributed by atoms with van der Waals surface area (Å²) in [5.41, 5.74) is 1.58. The van der Waals surface area contributed by atoms with Gasteiger partial charge in [-0.1, -0.05) is 11.8 Å². The fourth-order valence-corrected chi connectivity index (χ4v) is 2.23. The van der Waals surface area contributed by atoms with Crippen molar-refractivity contribution in [2.75, 3.05) is 5.75 Å². The van der Waals surface area contributed by atoms with E-state index in [-0.39, 0.29) is 0 Å². The minimum absolute atomic E-state index is 0.727. The van der Waals surface area contributed by atoms with Crippen LogP contribution in [0.2, 0.25) is 0 Å². The van der Waals surface area contributed by atoms with Crippen molar-refractivity contribution in [2.24, 2.45) is 0 Å². The molecule has 0 aromatic carbocycles. The van der Waals surface area contributed by atoms with Crippen LogP contribution >= 0.6 is 11.8 Å². The van der Waals surface area contributed by atoms with Gasteiger partial charge in [0.05, 0.1) is 5.69 Å². The van der Waals surface area contributed by atoms with E-state index < -0.39 is 0 Å². The molecule has 1 aromatic rings. The SMILES string of the molecule is Cc1nc2n(c1C#N)CCS2. The highest BCUT2D eigenvalue weighted by Gasteiger charge is 2.18. The molecule has 1 aromatic heterocycles. The Bertz CT molecular complexity index is 334. The Labute approximate surface area is 69.0 Å². The molecule has 11 heavy (non-hydrogen) atoms. The molecule has 0 saturated heterocycles. The van der Waals surface area contributed by atoms with Gasteiger partial charge in [-0.25, -0.2) is 4.98 Å². The lowest BCUT2D eigenvalue weighted by molar-refractivity contribution is 0.710. The molecular weight excluding hydrogens is 158 g/mol. The van der Waals surface area contributed by atoms with Crippen molar-refractivity contribution < 1.29 is 0 Å². The number of hydrogen-bond acceptors (Lipinski definition) is 3. The Morgan fingerprint density at radius 3 is 3.27 bits per heavy atom. The lowest BCUT2D eigenvalue weighted by Gasteiger charge is -1.93. The molecule has 56 valence electrons. The third-order valence-electron chi connectivity index (χ3n) is 1.76. The lowest BCUT2D eigenvalue weighted by Crippen LogP contribution is -1.96. The van der Waals surface area contributed by atoms with Crippen molar-refractivity contribution in [3.63, 3.8) is 0 Å². The third kappa shape index (κ3) is 0.847. The Morgan fingerprint density at radius 2 is 2.55 bits per heavy atom. The van der Waals surface area contributed by atoms with Gasteiger partial charge in [0.1, 0.15) is 11.8 Å². The number of hydrogen-bond donors (Lipinski definition) is 0. The van der Waals surface area contributed by atoms with Gasteiger partial charge in [-0.2, -0.15) is 5.26 Å². The van der Waals surface area contributed by atoms with E-state index in [1.54, 1.807) is 11.8 Å². The van der Waals surface area contributed by atoms with Crippen molar-refractivity contribution in [3.8, 4) is 6.07 Å². The highest BCUT2D eigenvalue weighted by Crippen LogP contribution is 2.27. The molecule has 0 fully saturated rings. The molecule has 0 radical (unpaired) electrons. The second-order valence-electron chi connectivity index (χ2n) is 2.44. The van der Waals surface area contributed by atoms with E-state index in [0.29, 0.717) is 0 Å². The fraction of sp³-hybridized carbons (Fsp3) is 0.429. The maximum atomic E-state index is 8.75. The van der Waals surface area contributed by atoms with Crippen LogP contribution in [0.1, 0.15) is 11.4 Å². The lowest BCUT2D eigenvalue weighted by atomic mass is 10.4. The predicted octanol–water partition coefficient (Wildman–Crippen LogP) is 1.17. The van der Waals surface area contributed by atoms with Gasteiger partial charge in [0, 0.05) is 12.3 Å².